The molecule has 150 valence electrons. The summed E-state index contributed by atoms with van der Waals surface area (Å²) >= 11 is 0. The normalized spacial score (nSPS) is 11.8. The highest BCUT2D eigenvalue weighted by Gasteiger charge is 2.37. The first-order valence-electron chi connectivity index (χ1n) is 10.0. The maximum Gasteiger partial charge on any atom is 0.311 e. The average molecular weight is 388 g/mol. The van der Waals surface area contributed by atoms with Gasteiger partial charge in [-0.3, -0.25) is 10.1 Å². The van der Waals surface area contributed by atoms with Gasteiger partial charge in [0.1, 0.15) is 0 Å². The monoisotopic (exact) mass is 387 g/mol. The molecule has 0 aliphatic heterocycles. The van der Waals surface area contributed by atoms with Crippen LogP contribution in [0.5, 0.6) is 0 Å². The highest BCUT2D eigenvalue weighted by molar-refractivity contribution is 5.75. The highest BCUT2D eigenvalue weighted by Crippen LogP contribution is 2.37. The zero-order valence-electron chi connectivity index (χ0n) is 17.4. The van der Waals surface area contributed by atoms with Gasteiger partial charge in [-0.25, -0.2) is 0 Å². The lowest BCUT2D eigenvalue weighted by Gasteiger charge is -2.38. The smallest absolute Gasteiger partial charge is 0.311 e. The third-order valence-corrected chi connectivity index (χ3v) is 5.50. The van der Waals surface area contributed by atoms with E-state index in [9.17, 15) is 4.79 Å². The van der Waals surface area contributed by atoms with Gasteiger partial charge in [0, 0.05) is 0 Å². The Morgan fingerprint density at radius 1 is 0.759 bits per heavy atom. The summed E-state index contributed by atoms with van der Waals surface area (Å²) in [5.74, 6) is -0.191. The quantitative estimate of drug-likeness (QED) is 0.429. The summed E-state index contributed by atoms with van der Waals surface area (Å²) in [5.41, 5.74) is 2.41. The van der Waals surface area contributed by atoms with Crippen LogP contribution in [0.1, 0.15) is 37.0 Å². The molecule has 0 fully saturated rings. The van der Waals surface area contributed by atoms with Crippen molar-refractivity contribution in [2.75, 3.05) is 13.7 Å². The molecule has 0 unspecified atom stereocenters. The van der Waals surface area contributed by atoms with Crippen LogP contribution < -0.4 is 5.32 Å². The molecule has 3 aromatic rings. The van der Waals surface area contributed by atoms with Gasteiger partial charge in [0.15, 0.2) is 0 Å². The SMILES string of the molecule is COC(=O)C(C)(C)CCNC(c1ccccc1)(c1ccccc1)c1ccccc1. The number of esters is 1. The molecule has 0 amide bonds. The van der Waals surface area contributed by atoms with Crippen molar-refractivity contribution >= 4 is 5.97 Å². The second-order valence-corrected chi connectivity index (χ2v) is 7.90. The Bertz CT molecular complexity index is 809. The second kappa shape index (κ2) is 9.06. The molecule has 0 saturated heterocycles. The van der Waals surface area contributed by atoms with E-state index in [2.05, 4.69) is 78.1 Å². The fourth-order valence-electron chi connectivity index (χ4n) is 3.81. The molecule has 3 aromatic carbocycles. The maximum absolute atomic E-state index is 12.1. The molecule has 0 aliphatic rings. The predicted molar refractivity (Wildman–Crippen MR) is 118 cm³/mol. The summed E-state index contributed by atoms with van der Waals surface area (Å²) in [6.45, 7) is 4.51. The molecule has 3 heteroatoms. The first kappa shape index (κ1) is 20.8. The molecule has 3 nitrogen and oxygen atoms in total. The van der Waals surface area contributed by atoms with Gasteiger partial charge in [-0.05, 0) is 43.5 Å². The van der Waals surface area contributed by atoms with E-state index in [1.165, 1.54) is 7.11 Å². The van der Waals surface area contributed by atoms with Gasteiger partial charge in [-0.2, -0.15) is 0 Å². The molecular formula is C26H29NO2. The molecule has 0 radical (unpaired) electrons. The number of carbonyl (C=O) groups excluding carboxylic acids is 1. The van der Waals surface area contributed by atoms with E-state index in [-0.39, 0.29) is 5.97 Å². The van der Waals surface area contributed by atoms with Crippen LogP contribution in [-0.2, 0) is 15.1 Å². The summed E-state index contributed by atoms with van der Waals surface area (Å²) in [7, 11) is 1.44. The molecule has 29 heavy (non-hydrogen) atoms. The number of rotatable bonds is 8. The largest absolute Gasteiger partial charge is 0.469 e. The molecule has 0 atom stereocenters. The number of ether oxygens (including phenoxy) is 1. The van der Waals surface area contributed by atoms with Crippen LogP contribution in [0.15, 0.2) is 91.0 Å². The molecule has 3 rings (SSSR count). The first-order chi connectivity index (χ1) is 14.0. The minimum atomic E-state index is -0.558. The lowest BCUT2D eigenvalue weighted by atomic mass is 9.76. The third kappa shape index (κ3) is 4.41. The summed E-state index contributed by atoms with van der Waals surface area (Å²) < 4.78 is 4.98. The molecule has 0 aliphatic carbocycles. The van der Waals surface area contributed by atoms with Gasteiger partial charge < -0.3 is 4.74 Å². The minimum absolute atomic E-state index is 0.191. The van der Waals surface area contributed by atoms with E-state index in [1.54, 1.807) is 0 Å². The van der Waals surface area contributed by atoms with E-state index in [4.69, 9.17) is 4.74 Å². The van der Waals surface area contributed by atoms with Gasteiger partial charge in [0.25, 0.3) is 0 Å². The van der Waals surface area contributed by atoms with Gasteiger partial charge in [-0.15, -0.1) is 0 Å². The number of hydrogen-bond acceptors (Lipinski definition) is 3. The van der Waals surface area contributed by atoms with Crippen LogP contribution in [0.3, 0.4) is 0 Å². The van der Waals surface area contributed by atoms with Crippen LogP contribution in [0.25, 0.3) is 0 Å². The topological polar surface area (TPSA) is 38.3 Å². The van der Waals surface area contributed by atoms with Gasteiger partial charge in [0.05, 0.1) is 18.1 Å². The van der Waals surface area contributed by atoms with Gasteiger partial charge in [-0.1, -0.05) is 91.0 Å². The number of benzene rings is 3. The van der Waals surface area contributed by atoms with Crippen molar-refractivity contribution in [1.82, 2.24) is 5.32 Å². The molecule has 0 aromatic heterocycles. The Morgan fingerprint density at radius 2 is 1.14 bits per heavy atom. The van der Waals surface area contributed by atoms with Crippen molar-refractivity contribution in [2.45, 2.75) is 25.8 Å². The van der Waals surface area contributed by atoms with Crippen LogP contribution >= 0.6 is 0 Å². The standard InChI is InChI=1S/C26H29NO2/c1-25(2,24(28)29-3)19-20-27-26(21-13-7-4-8-14-21,22-15-9-5-10-16-22)23-17-11-6-12-18-23/h4-18,27H,19-20H2,1-3H3. The molecule has 0 bridgehead atoms. The first-order valence-corrected chi connectivity index (χ1v) is 10.0. The number of nitrogens with one attached hydrogen (secondary N) is 1. The van der Waals surface area contributed by atoms with E-state index in [1.807, 2.05) is 32.0 Å². The fraction of sp³-hybridized carbons (Fsp3) is 0.269. The molecule has 0 saturated carbocycles. The van der Waals surface area contributed by atoms with Crippen molar-refractivity contribution in [2.24, 2.45) is 5.41 Å². The highest BCUT2D eigenvalue weighted by atomic mass is 16.5. The summed E-state index contributed by atoms with van der Waals surface area (Å²) in [6.07, 6.45) is 0.661. The van der Waals surface area contributed by atoms with Crippen molar-refractivity contribution in [3.8, 4) is 0 Å². The number of carbonyl (C=O) groups is 1. The zero-order valence-corrected chi connectivity index (χ0v) is 17.4. The number of methoxy groups -OCH3 is 1. The maximum atomic E-state index is 12.1. The van der Waals surface area contributed by atoms with E-state index in [0.717, 1.165) is 16.7 Å². The van der Waals surface area contributed by atoms with Gasteiger partial charge >= 0.3 is 5.97 Å². The minimum Gasteiger partial charge on any atom is -0.469 e. The van der Waals surface area contributed by atoms with Crippen molar-refractivity contribution < 1.29 is 9.53 Å². The lowest BCUT2D eigenvalue weighted by molar-refractivity contribution is -0.151. The van der Waals surface area contributed by atoms with Crippen molar-refractivity contribution in [3.63, 3.8) is 0 Å². The van der Waals surface area contributed by atoms with E-state index >= 15 is 0 Å². The second-order valence-electron chi connectivity index (χ2n) is 7.90. The van der Waals surface area contributed by atoms with E-state index in [0.29, 0.717) is 13.0 Å². The van der Waals surface area contributed by atoms with Crippen LogP contribution in [-0.4, -0.2) is 19.6 Å². The molecular weight excluding hydrogens is 358 g/mol. The lowest BCUT2D eigenvalue weighted by Crippen LogP contribution is -2.46. The summed E-state index contributed by atoms with van der Waals surface area (Å²) in [4.78, 5) is 12.1. The van der Waals surface area contributed by atoms with Crippen molar-refractivity contribution in [1.29, 1.82) is 0 Å². The molecule has 0 heterocycles. The Hall–Kier alpha value is -2.91. The fourth-order valence-corrected chi connectivity index (χ4v) is 3.81. The summed E-state index contributed by atoms with van der Waals surface area (Å²) in [6, 6.07) is 31.4. The van der Waals surface area contributed by atoms with Crippen LogP contribution in [0, 0.1) is 5.41 Å². The Labute approximate surface area is 173 Å². The van der Waals surface area contributed by atoms with E-state index < -0.39 is 11.0 Å². The molecule has 1 N–H and O–H groups in total. The van der Waals surface area contributed by atoms with Crippen LogP contribution in [0.2, 0.25) is 0 Å². The third-order valence-electron chi connectivity index (χ3n) is 5.50. The van der Waals surface area contributed by atoms with Crippen molar-refractivity contribution in [3.05, 3.63) is 108 Å². The number of hydrogen-bond donors (Lipinski definition) is 1. The van der Waals surface area contributed by atoms with Gasteiger partial charge in [0.2, 0.25) is 0 Å². The molecule has 0 spiro atoms. The predicted octanol–water partition coefficient (Wildman–Crippen LogP) is 5.16. The Balaban J connectivity index is 2.07. The zero-order chi connectivity index (χ0) is 20.7. The Kier molecular flexibility index (Phi) is 6.50. The summed E-state index contributed by atoms with van der Waals surface area (Å²) in [5, 5.41) is 3.81. The Morgan fingerprint density at radius 3 is 1.48 bits per heavy atom. The average Bonchev–Trinajstić information content (AvgIpc) is 2.78. The van der Waals surface area contributed by atoms with Crippen LogP contribution in [0.4, 0.5) is 0 Å².